The van der Waals surface area contributed by atoms with Gasteiger partial charge in [0.25, 0.3) is 0 Å². The molecule has 0 aliphatic carbocycles. The Bertz CT molecular complexity index is 1210. The summed E-state index contributed by atoms with van der Waals surface area (Å²) in [5.74, 6) is -2.65. The lowest BCUT2D eigenvalue weighted by atomic mass is 10.0. The third-order valence-corrected chi connectivity index (χ3v) is 4.39. The summed E-state index contributed by atoms with van der Waals surface area (Å²) in [5, 5.41) is 15.7. The van der Waals surface area contributed by atoms with Crippen LogP contribution in [0.25, 0.3) is 16.8 Å². The number of ether oxygens (including phenoxy) is 2. The van der Waals surface area contributed by atoms with Gasteiger partial charge in [-0.3, -0.25) is 10.1 Å². The Morgan fingerprint density at radius 2 is 2.17 bits per heavy atom. The summed E-state index contributed by atoms with van der Waals surface area (Å²) < 4.78 is 26.0. The van der Waals surface area contributed by atoms with E-state index >= 15 is 0 Å². The Morgan fingerprint density at radius 3 is 2.87 bits per heavy atom. The topological polar surface area (TPSA) is 119 Å². The zero-order valence-corrected chi connectivity index (χ0v) is 16.0. The SMILES string of the molecule is CC1(C)OC(=O)[C@@H](CC(=O)Nc2nc3ccc(-c4cc(C#N)ccc4F)cn3n2)O1. The van der Waals surface area contributed by atoms with Gasteiger partial charge in [0.1, 0.15) is 5.82 Å². The Labute approximate surface area is 170 Å². The average Bonchev–Trinajstić information content (AvgIpc) is 3.19. The number of anilines is 1. The minimum atomic E-state index is -1.07. The Hall–Kier alpha value is -3.84. The number of rotatable bonds is 4. The summed E-state index contributed by atoms with van der Waals surface area (Å²) in [6.07, 6.45) is 0.297. The molecule has 1 saturated heterocycles. The lowest BCUT2D eigenvalue weighted by molar-refractivity contribution is -0.160. The van der Waals surface area contributed by atoms with Gasteiger partial charge in [0.15, 0.2) is 11.8 Å². The summed E-state index contributed by atoms with van der Waals surface area (Å²) in [6, 6.07) is 9.28. The van der Waals surface area contributed by atoms with Crippen molar-refractivity contribution in [3.63, 3.8) is 0 Å². The number of carbonyl (C=O) groups excluding carboxylic acids is 2. The van der Waals surface area contributed by atoms with Crippen LogP contribution in [0, 0.1) is 17.1 Å². The van der Waals surface area contributed by atoms with E-state index < -0.39 is 29.6 Å². The van der Waals surface area contributed by atoms with Crippen molar-refractivity contribution in [2.75, 3.05) is 5.32 Å². The molecule has 0 radical (unpaired) electrons. The minimum Gasteiger partial charge on any atom is -0.432 e. The van der Waals surface area contributed by atoms with E-state index in [1.165, 1.54) is 28.9 Å². The van der Waals surface area contributed by atoms with E-state index in [0.717, 1.165) is 0 Å². The lowest BCUT2D eigenvalue weighted by Crippen LogP contribution is -2.26. The summed E-state index contributed by atoms with van der Waals surface area (Å²) >= 11 is 0. The fraction of sp³-hybridized carbons (Fsp3) is 0.250. The predicted molar refractivity (Wildman–Crippen MR) is 101 cm³/mol. The molecule has 1 aliphatic rings. The van der Waals surface area contributed by atoms with E-state index in [0.29, 0.717) is 16.8 Å². The summed E-state index contributed by atoms with van der Waals surface area (Å²) in [7, 11) is 0. The first kappa shape index (κ1) is 19.5. The van der Waals surface area contributed by atoms with Crippen LogP contribution in [0.1, 0.15) is 25.8 Å². The highest BCUT2D eigenvalue weighted by molar-refractivity contribution is 5.93. The standard InChI is InChI=1S/C20H16FN5O4/c1-20(2)29-15(18(28)30-20)8-17(27)24-19-23-16-6-4-12(10-26(16)25-19)13-7-11(9-22)3-5-14(13)21/h3-7,10,15H,8H2,1-2H3,(H,24,25,27)/t15-/m1/s1. The minimum absolute atomic E-state index is 0.0222. The second kappa shape index (κ2) is 7.20. The normalized spacial score (nSPS) is 17.5. The number of cyclic esters (lactones) is 1. The molecule has 0 saturated carbocycles. The first-order valence-electron chi connectivity index (χ1n) is 9.01. The Morgan fingerprint density at radius 1 is 1.37 bits per heavy atom. The zero-order valence-electron chi connectivity index (χ0n) is 16.0. The Balaban J connectivity index is 1.53. The fourth-order valence-corrected chi connectivity index (χ4v) is 3.10. The molecular formula is C20H16FN5O4. The highest BCUT2D eigenvalue weighted by Gasteiger charge is 2.42. The molecule has 10 heteroatoms. The van der Waals surface area contributed by atoms with Crippen molar-refractivity contribution in [2.45, 2.75) is 32.2 Å². The predicted octanol–water partition coefficient (Wildman–Crippen LogP) is 2.41. The molecule has 1 aromatic carbocycles. The van der Waals surface area contributed by atoms with Gasteiger partial charge in [0.05, 0.1) is 18.1 Å². The number of halogens is 1. The highest BCUT2D eigenvalue weighted by atomic mass is 19.1. The summed E-state index contributed by atoms with van der Waals surface area (Å²) in [4.78, 5) is 28.2. The molecule has 1 fully saturated rings. The monoisotopic (exact) mass is 409 g/mol. The summed E-state index contributed by atoms with van der Waals surface area (Å²) in [5.41, 5.74) is 1.48. The third kappa shape index (κ3) is 3.83. The van der Waals surface area contributed by atoms with Crippen LogP contribution in [0.15, 0.2) is 36.5 Å². The number of benzene rings is 1. The molecule has 30 heavy (non-hydrogen) atoms. The number of nitriles is 1. The van der Waals surface area contributed by atoms with Gasteiger partial charge in [0, 0.05) is 31.2 Å². The number of nitrogens with zero attached hydrogens (tertiary/aromatic N) is 4. The molecule has 0 spiro atoms. The van der Waals surface area contributed by atoms with E-state index in [9.17, 15) is 14.0 Å². The number of fused-ring (bicyclic) bond motifs is 1. The van der Waals surface area contributed by atoms with Crippen molar-refractivity contribution >= 4 is 23.5 Å². The number of carbonyl (C=O) groups is 2. The molecule has 1 N–H and O–H groups in total. The van der Waals surface area contributed by atoms with Gasteiger partial charge >= 0.3 is 5.97 Å². The van der Waals surface area contributed by atoms with E-state index in [4.69, 9.17) is 14.7 Å². The highest BCUT2D eigenvalue weighted by Crippen LogP contribution is 2.26. The van der Waals surface area contributed by atoms with Crippen molar-refractivity contribution < 1.29 is 23.5 Å². The molecule has 152 valence electrons. The Kier molecular flexibility index (Phi) is 4.67. The van der Waals surface area contributed by atoms with Crippen molar-refractivity contribution in [3.05, 3.63) is 47.9 Å². The zero-order chi connectivity index (χ0) is 21.5. The van der Waals surface area contributed by atoms with Crippen molar-refractivity contribution in [2.24, 2.45) is 0 Å². The number of hydrogen-bond acceptors (Lipinski definition) is 7. The molecule has 3 heterocycles. The van der Waals surface area contributed by atoms with E-state index in [-0.39, 0.29) is 17.9 Å². The van der Waals surface area contributed by atoms with Crippen LogP contribution in [0.4, 0.5) is 10.3 Å². The van der Waals surface area contributed by atoms with Gasteiger partial charge in [-0.25, -0.2) is 13.7 Å². The molecule has 2 aromatic heterocycles. The van der Waals surface area contributed by atoms with E-state index in [1.54, 1.807) is 26.0 Å². The molecule has 1 aliphatic heterocycles. The maximum absolute atomic E-state index is 14.2. The van der Waals surface area contributed by atoms with Crippen LogP contribution in [0.3, 0.4) is 0 Å². The molecule has 4 rings (SSSR count). The molecule has 0 bridgehead atoms. The maximum atomic E-state index is 14.2. The number of aromatic nitrogens is 3. The molecule has 1 amide bonds. The molecule has 1 atom stereocenters. The molecule has 9 nitrogen and oxygen atoms in total. The van der Waals surface area contributed by atoms with Crippen molar-refractivity contribution in [1.82, 2.24) is 14.6 Å². The largest absolute Gasteiger partial charge is 0.432 e. The number of hydrogen-bond donors (Lipinski definition) is 1. The van der Waals surface area contributed by atoms with Crippen LogP contribution in [0.5, 0.6) is 0 Å². The maximum Gasteiger partial charge on any atom is 0.338 e. The van der Waals surface area contributed by atoms with Gasteiger partial charge in [0.2, 0.25) is 17.6 Å². The second-order valence-corrected chi connectivity index (χ2v) is 7.14. The van der Waals surface area contributed by atoms with Crippen LogP contribution in [-0.4, -0.2) is 38.4 Å². The fourth-order valence-electron chi connectivity index (χ4n) is 3.10. The average molecular weight is 409 g/mol. The van der Waals surface area contributed by atoms with Gasteiger partial charge in [-0.1, -0.05) is 0 Å². The number of amides is 1. The van der Waals surface area contributed by atoms with Gasteiger partial charge in [-0.05, 0) is 30.3 Å². The van der Waals surface area contributed by atoms with Crippen molar-refractivity contribution in [1.29, 1.82) is 5.26 Å². The summed E-state index contributed by atoms with van der Waals surface area (Å²) in [6.45, 7) is 3.17. The second-order valence-electron chi connectivity index (χ2n) is 7.14. The third-order valence-electron chi connectivity index (χ3n) is 4.39. The van der Waals surface area contributed by atoms with Crippen LogP contribution < -0.4 is 5.32 Å². The first-order valence-corrected chi connectivity index (χ1v) is 9.01. The van der Waals surface area contributed by atoms with Crippen LogP contribution >= 0.6 is 0 Å². The van der Waals surface area contributed by atoms with Crippen LogP contribution in [-0.2, 0) is 19.1 Å². The quantitative estimate of drug-likeness (QED) is 0.657. The van der Waals surface area contributed by atoms with Gasteiger partial charge in [-0.2, -0.15) is 10.2 Å². The molecule has 0 unspecified atom stereocenters. The van der Waals surface area contributed by atoms with Crippen LogP contribution in [0.2, 0.25) is 0 Å². The van der Waals surface area contributed by atoms with Gasteiger partial charge < -0.3 is 9.47 Å². The lowest BCUT2D eigenvalue weighted by Gasteiger charge is -2.14. The number of nitrogens with one attached hydrogen (secondary N) is 1. The van der Waals surface area contributed by atoms with E-state index in [2.05, 4.69) is 15.4 Å². The van der Waals surface area contributed by atoms with Crippen molar-refractivity contribution in [3.8, 4) is 17.2 Å². The number of esters is 1. The molecular weight excluding hydrogens is 393 g/mol. The molecule has 3 aromatic rings. The smallest absolute Gasteiger partial charge is 0.338 e. The number of pyridine rings is 1. The van der Waals surface area contributed by atoms with Gasteiger partial charge in [-0.15, -0.1) is 5.10 Å². The van der Waals surface area contributed by atoms with E-state index in [1.807, 2.05) is 6.07 Å². The first-order chi connectivity index (χ1) is 14.2.